The number of ether oxygens (including phenoxy) is 1. The zero-order valence-corrected chi connectivity index (χ0v) is 9.67. The maximum atomic E-state index is 11.9. The number of rotatable bonds is 2. The van der Waals surface area contributed by atoms with Crippen molar-refractivity contribution in [2.75, 3.05) is 20.2 Å². The number of hydrogen-bond donors (Lipinski definition) is 3. The molecular formula is C10H17N3O4. The number of aliphatic hydroxyl groups excluding tert-OH is 2. The average Bonchev–Trinajstić information content (AvgIpc) is 2.67. The molecule has 0 aromatic carbocycles. The lowest BCUT2D eigenvalue weighted by atomic mass is 10.1. The molecule has 0 aliphatic carbocycles. The molecule has 17 heavy (non-hydrogen) atoms. The molecule has 0 saturated carbocycles. The predicted octanol–water partition coefficient (Wildman–Crippen LogP) is -0.811. The summed E-state index contributed by atoms with van der Waals surface area (Å²) in [6.45, 7) is 0.156. The Labute approximate surface area is 99.1 Å². The first kappa shape index (κ1) is 12.3. The summed E-state index contributed by atoms with van der Waals surface area (Å²) >= 11 is 0. The van der Waals surface area contributed by atoms with Crippen LogP contribution in [0.15, 0.2) is 0 Å². The van der Waals surface area contributed by atoms with Gasteiger partial charge in [0.2, 0.25) is 0 Å². The molecule has 2 heterocycles. The summed E-state index contributed by atoms with van der Waals surface area (Å²) in [7, 11) is 1.55. The van der Waals surface area contributed by atoms with Crippen molar-refractivity contribution in [2.45, 2.75) is 31.3 Å². The molecule has 0 spiro atoms. The third-order valence-electron chi connectivity index (χ3n) is 3.26. The highest BCUT2D eigenvalue weighted by atomic mass is 16.5. The van der Waals surface area contributed by atoms with E-state index in [1.165, 1.54) is 9.80 Å². The molecule has 2 aliphatic heterocycles. The number of nitrogens with one attached hydrogen (secondary N) is 1. The van der Waals surface area contributed by atoms with Crippen molar-refractivity contribution in [3.05, 3.63) is 0 Å². The first-order valence-electron chi connectivity index (χ1n) is 5.60. The Hall–Kier alpha value is -1.18. The van der Waals surface area contributed by atoms with E-state index in [9.17, 15) is 9.90 Å². The Morgan fingerprint density at radius 3 is 2.88 bits per heavy atom. The second-order valence-corrected chi connectivity index (χ2v) is 4.35. The van der Waals surface area contributed by atoms with Crippen LogP contribution in [-0.2, 0) is 4.74 Å². The van der Waals surface area contributed by atoms with Crippen LogP contribution < -0.4 is 0 Å². The van der Waals surface area contributed by atoms with Crippen molar-refractivity contribution in [1.29, 1.82) is 5.41 Å². The van der Waals surface area contributed by atoms with Crippen LogP contribution in [0.4, 0.5) is 4.79 Å². The number of carbonyl (C=O) groups is 1. The standard InChI is InChI=1S/C10H17N3O4/c1-12-8(11)2-3-13(10(12)16)9-4-6(15)7(5-14)17-9/h6-7,9,11,14-15H,2-5H2,1H3/t6-,7+,9+/m0/s1. The van der Waals surface area contributed by atoms with Crippen LogP contribution >= 0.6 is 0 Å². The molecule has 0 unspecified atom stereocenters. The number of urea groups is 1. The molecule has 0 bridgehead atoms. The van der Waals surface area contributed by atoms with Crippen molar-refractivity contribution < 1.29 is 19.7 Å². The average molecular weight is 243 g/mol. The maximum absolute atomic E-state index is 11.9. The lowest BCUT2D eigenvalue weighted by Gasteiger charge is -2.36. The molecule has 3 N–H and O–H groups in total. The molecule has 7 nitrogen and oxygen atoms in total. The van der Waals surface area contributed by atoms with Gasteiger partial charge in [0.05, 0.1) is 12.7 Å². The number of aliphatic hydroxyl groups is 2. The zero-order valence-electron chi connectivity index (χ0n) is 9.67. The minimum absolute atomic E-state index is 0.259. The number of nitrogens with zero attached hydrogens (tertiary/aromatic N) is 2. The highest BCUT2D eigenvalue weighted by Crippen LogP contribution is 2.25. The third-order valence-corrected chi connectivity index (χ3v) is 3.26. The van der Waals surface area contributed by atoms with Crippen molar-refractivity contribution >= 4 is 11.9 Å². The fourth-order valence-electron chi connectivity index (χ4n) is 2.14. The largest absolute Gasteiger partial charge is 0.394 e. The molecule has 2 saturated heterocycles. The van der Waals surface area contributed by atoms with Crippen LogP contribution in [0.2, 0.25) is 0 Å². The molecule has 0 radical (unpaired) electrons. The summed E-state index contributed by atoms with van der Waals surface area (Å²) < 4.78 is 5.42. The quantitative estimate of drug-likeness (QED) is 0.591. The van der Waals surface area contributed by atoms with Gasteiger partial charge in [-0.3, -0.25) is 15.2 Å². The lowest BCUT2D eigenvalue weighted by molar-refractivity contribution is -0.0670. The molecule has 0 aromatic rings. The van der Waals surface area contributed by atoms with Gasteiger partial charge >= 0.3 is 6.03 Å². The van der Waals surface area contributed by atoms with E-state index in [2.05, 4.69) is 0 Å². The van der Waals surface area contributed by atoms with Crippen LogP contribution in [0.25, 0.3) is 0 Å². The molecule has 2 fully saturated rings. The van der Waals surface area contributed by atoms with Gasteiger partial charge in [-0.25, -0.2) is 4.79 Å². The fourth-order valence-corrected chi connectivity index (χ4v) is 2.14. The fraction of sp³-hybridized carbons (Fsp3) is 0.800. The van der Waals surface area contributed by atoms with E-state index < -0.39 is 18.4 Å². The summed E-state index contributed by atoms with van der Waals surface area (Å²) in [4.78, 5) is 14.7. The van der Waals surface area contributed by atoms with E-state index in [0.29, 0.717) is 19.4 Å². The van der Waals surface area contributed by atoms with Crippen LogP contribution in [-0.4, -0.2) is 70.5 Å². The van der Waals surface area contributed by atoms with Gasteiger partial charge in [0, 0.05) is 26.4 Å². The smallest absolute Gasteiger partial charge is 0.327 e. The van der Waals surface area contributed by atoms with Crippen molar-refractivity contribution in [2.24, 2.45) is 0 Å². The van der Waals surface area contributed by atoms with E-state index in [1.807, 2.05) is 0 Å². The Kier molecular flexibility index (Phi) is 3.32. The van der Waals surface area contributed by atoms with E-state index in [1.54, 1.807) is 7.05 Å². The Bertz CT molecular complexity index is 336. The van der Waals surface area contributed by atoms with Crippen LogP contribution in [0, 0.1) is 5.41 Å². The van der Waals surface area contributed by atoms with Gasteiger partial charge in [0.15, 0.2) is 0 Å². The molecule has 2 aliphatic rings. The van der Waals surface area contributed by atoms with E-state index in [4.69, 9.17) is 15.3 Å². The first-order chi connectivity index (χ1) is 8.04. The van der Waals surface area contributed by atoms with E-state index >= 15 is 0 Å². The normalized spacial score (nSPS) is 34.6. The molecule has 2 rings (SSSR count). The van der Waals surface area contributed by atoms with Crippen LogP contribution in [0.1, 0.15) is 12.8 Å². The number of carbonyl (C=O) groups excluding carboxylic acids is 1. The van der Waals surface area contributed by atoms with Gasteiger partial charge in [-0.05, 0) is 0 Å². The van der Waals surface area contributed by atoms with Crippen molar-refractivity contribution in [1.82, 2.24) is 9.80 Å². The van der Waals surface area contributed by atoms with Gasteiger partial charge in [-0.15, -0.1) is 0 Å². The lowest BCUT2D eigenvalue weighted by Crippen LogP contribution is -2.54. The second kappa shape index (κ2) is 4.59. The summed E-state index contributed by atoms with van der Waals surface area (Å²) in [5.74, 6) is 0.281. The summed E-state index contributed by atoms with van der Waals surface area (Å²) in [5, 5.41) is 26.1. The molecule has 2 amide bonds. The van der Waals surface area contributed by atoms with Crippen molar-refractivity contribution in [3.8, 4) is 0 Å². The van der Waals surface area contributed by atoms with Gasteiger partial charge in [0.25, 0.3) is 0 Å². The highest BCUT2D eigenvalue weighted by molar-refractivity contribution is 5.97. The maximum Gasteiger partial charge on any atom is 0.327 e. The Balaban J connectivity index is 2.04. The molecule has 96 valence electrons. The summed E-state index contributed by atoms with van der Waals surface area (Å²) in [6, 6.07) is -0.294. The first-order valence-corrected chi connectivity index (χ1v) is 5.60. The van der Waals surface area contributed by atoms with E-state index in [0.717, 1.165) is 0 Å². The van der Waals surface area contributed by atoms with Gasteiger partial charge in [-0.1, -0.05) is 0 Å². The molecule has 3 atom stereocenters. The van der Waals surface area contributed by atoms with Crippen LogP contribution in [0.5, 0.6) is 0 Å². The zero-order chi connectivity index (χ0) is 12.6. The topological polar surface area (TPSA) is 97.1 Å². The SMILES string of the molecule is CN1C(=N)CCN([C@H]2C[C@H](O)[C@@H](CO)O2)C1=O. The highest BCUT2D eigenvalue weighted by Gasteiger charge is 2.41. The predicted molar refractivity (Wildman–Crippen MR) is 58.6 cm³/mol. The van der Waals surface area contributed by atoms with Gasteiger partial charge < -0.3 is 14.9 Å². The summed E-state index contributed by atoms with van der Waals surface area (Å²) in [6.07, 6.45) is -1.10. The minimum atomic E-state index is -0.746. The molecule has 7 heteroatoms. The monoisotopic (exact) mass is 243 g/mol. The van der Waals surface area contributed by atoms with Gasteiger partial charge in [0.1, 0.15) is 18.2 Å². The second-order valence-electron chi connectivity index (χ2n) is 4.35. The van der Waals surface area contributed by atoms with E-state index in [-0.39, 0.29) is 18.5 Å². The molecular weight excluding hydrogens is 226 g/mol. The Morgan fingerprint density at radius 1 is 1.59 bits per heavy atom. The number of amides is 2. The van der Waals surface area contributed by atoms with Crippen molar-refractivity contribution in [3.63, 3.8) is 0 Å². The molecule has 0 aromatic heterocycles. The van der Waals surface area contributed by atoms with Crippen LogP contribution in [0.3, 0.4) is 0 Å². The third kappa shape index (κ3) is 2.13. The number of amidine groups is 1. The number of hydrogen-bond acceptors (Lipinski definition) is 5. The summed E-state index contributed by atoms with van der Waals surface area (Å²) in [5.41, 5.74) is 0. The minimum Gasteiger partial charge on any atom is -0.394 e. The Morgan fingerprint density at radius 2 is 2.29 bits per heavy atom. The van der Waals surface area contributed by atoms with Gasteiger partial charge in [-0.2, -0.15) is 0 Å².